The second-order valence-electron chi connectivity index (χ2n) is 5.07. The molecule has 0 aromatic carbocycles. The Balaban J connectivity index is 2.69. The number of ether oxygens (including phenoxy) is 1. The van der Waals surface area contributed by atoms with E-state index in [1.54, 1.807) is 6.92 Å². The Morgan fingerprint density at radius 1 is 1.00 bits per heavy atom. The third-order valence-corrected chi connectivity index (χ3v) is 3.34. The molecule has 0 spiro atoms. The Labute approximate surface area is 133 Å². The van der Waals surface area contributed by atoms with E-state index in [4.69, 9.17) is 14.9 Å². The van der Waals surface area contributed by atoms with Crippen LogP contribution in [0, 0.1) is 0 Å². The van der Waals surface area contributed by atoms with Crippen LogP contribution in [0.5, 0.6) is 0 Å². The van der Waals surface area contributed by atoms with Crippen LogP contribution in [0.4, 0.5) is 0 Å². The second kappa shape index (κ2) is 9.83. The predicted octanol–water partition coefficient (Wildman–Crippen LogP) is -2.48. The number of aliphatic hydroxyl groups is 6. The third kappa shape index (κ3) is 5.74. The normalized spacial score (nSPS) is 18.2. The van der Waals surface area contributed by atoms with Crippen molar-refractivity contribution < 1.29 is 35.4 Å². The van der Waals surface area contributed by atoms with Crippen molar-refractivity contribution in [1.29, 1.82) is 0 Å². The van der Waals surface area contributed by atoms with Gasteiger partial charge >= 0.3 is 0 Å². The fourth-order valence-electron chi connectivity index (χ4n) is 1.96. The maximum atomic E-state index is 9.96. The van der Waals surface area contributed by atoms with Gasteiger partial charge in [-0.2, -0.15) is 0 Å². The molecular formula is C14H24N2O7. The lowest BCUT2D eigenvalue weighted by Crippen LogP contribution is -2.35. The van der Waals surface area contributed by atoms with E-state index in [-0.39, 0.29) is 18.7 Å². The minimum atomic E-state index is -1.59. The lowest BCUT2D eigenvalue weighted by Gasteiger charge is -2.22. The topological polar surface area (TPSA) is 156 Å². The highest BCUT2D eigenvalue weighted by atomic mass is 16.5. The van der Waals surface area contributed by atoms with Crippen LogP contribution in [-0.2, 0) is 11.2 Å². The maximum absolute atomic E-state index is 9.96. The van der Waals surface area contributed by atoms with E-state index in [2.05, 4.69) is 9.97 Å². The van der Waals surface area contributed by atoms with E-state index >= 15 is 0 Å². The largest absolute Gasteiger partial charge is 0.394 e. The van der Waals surface area contributed by atoms with Crippen molar-refractivity contribution in [3.8, 4) is 0 Å². The molecule has 6 N–H and O–H groups in total. The monoisotopic (exact) mass is 332 g/mol. The highest BCUT2D eigenvalue weighted by Gasteiger charge is 2.27. The molecular weight excluding hydrogens is 308 g/mol. The second-order valence-corrected chi connectivity index (χ2v) is 5.07. The van der Waals surface area contributed by atoms with Crippen LogP contribution < -0.4 is 0 Å². The van der Waals surface area contributed by atoms with E-state index in [0.29, 0.717) is 12.3 Å². The number of aromatic nitrogens is 2. The number of aliphatic hydroxyl groups excluding tert-OH is 6. The maximum Gasteiger partial charge on any atom is 0.126 e. The van der Waals surface area contributed by atoms with Crippen LogP contribution in [-0.4, -0.2) is 84.8 Å². The van der Waals surface area contributed by atoms with Crippen molar-refractivity contribution in [2.75, 3.05) is 19.8 Å². The Bertz CT molecular complexity index is 445. The molecule has 9 nitrogen and oxygen atoms in total. The standard InChI is InChI=1S/C14H24N2O7/c1-2-23-12(7-18)10(19)3-8-4-16-9(5-15-8)13(21)14(22)11(20)6-17/h4-5,10-14,17-22H,2-3,6-7H2,1H3/t10-,11+,12+,13+,14+/m0/s1. The van der Waals surface area contributed by atoms with Crippen LogP contribution in [0.2, 0.25) is 0 Å². The zero-order chi connectivity index (χ0) is 17.4. The SMILES string of the molecule is CCO[C@H](CO)[C@@H](O)Cc1cnc([C@@H](O)[C@H](O)[C@H](O)CO)cn1. The molecule has 0 amide bonds. The van der Waals surface area contributed by atoms with E-state index in [0.717, 1.165) is 0 Å². The Morgan fingerprint density at radius 2 is 1.70 bits per heavy atom. The average Bonchev–Trinajstić information content (AvgIpc) is 2.58. The minimum Gasteiger partial charge on any atom is -0.394 e. The summed E-state index contributed by atoms with van der Waals surface area (Å²) >= 11 is 0. The summed E-state index contributed by atoms with van der Waals surface area (Å²) in [5.74, 6) is 0. The molecule has 23 heavy (non-hydrogen) atoms. The van der Waals surface area contributed by atoms with Gasteiger partial charge in [-0.15, -0.1) is 0 Å². The Morgan fingerprint density at radius 3 is 2.17 bits per heavy atom. The molecule has 5 atom stereocenters. The zero-order valence-corrected chi connectivity index (χ0v) is 12.9. The van der Waals surface area contributed by atoms with Crippen LogP contribution in [0.25, 0.3) is 0 Å². The van der Waals surface area contributed by atoms with Gasteiger partial charge in [-0.1, -0.05) is 0 Å². The number of nitrogens with zero attached hydrogens (tertiary/aromatic N) is 2. The smallest absolute Gasteiger partial charge is 0.126 e. The van der Waals surface area contributed by atoms with Crippen LogP contribution in [0.3, 0.4) is 0 Å². The first-order valence-electron chi connectivity index (χ1n) is 7.30. The Kier molecular flexibility index (Phi) is 8.48. The van der Waals surface area contributed by atoms with Crippen LogP contribution in [0.15, 0.2) is 12.4 Å². The van der Waals surface area contributed by atoms with Gasteiger partial charge in [-0.25, -0.2) is 0 Å². The molecule has 1 heterocycles. The lowest BCUT2D eigenvalue weighted by molar-refractivity contribution is -0.0790. The summed E-state index contributed by atoms with van der Waals surface area (Å²) in [6, 6.07) is 0. The molecule has 9 heteroatoms. The van der Waals surface area contributed by atoms with Gasteiger partial charge in [-0.05, 0) is 6.92 Å². The van der Waals surface area contributed by atoms with Gasteiger partial charge in [-0.3, -0.25) is 9.97 Å². The summed E-state index contributed by atoms with van der Waals surface area (Å²) in [5.41, 5.74) is 0.426. The third-order valence-electron chi connectivity index (χ3n) is 3.34. The molecule has 0 unspecified atom stereocenters. The van der Waals surface area contributed by atoms with Crippen molar-refractivity contribution in [2.24, 2.45) is 0 Å². The van der Waals surface area contributed by atoms with Crippen LogP contribution in [0.1, 0.15) is 24.4 Å². The van der Waals surface area contributed by atoms with Crippen molar-refractivity contribution in [3.63, 3.8) is 0 Å². The average molecular weight is 332 g/mol. The summed E-state index contributed by atoms with van der Waals surface area (Å²) in [5, 5.41) is 56.6. The molecule has 0 radical (unpaired) electrons. The first kappa shape index (κ1) is 19.8. The van der Waals surface area contributed by atoms with Gasteiger partial charge < -0.3 is 35.4 Å². The first-order valence-corrected chi connectivity index (χ1v) is 7.30. The van der Waals surface area contributed by atoms with E-state index in [9.17, 15) is 20.4 Å². The molecule has 0 aliphatic heterocycles. The van der Waals surface area contributed by atoms with Gasteiger partial charge in [0.25, 0.3) is 0 Å². The molecule has 1 aromatic rings. The minimum absolute atomic E-state index is 0.0201. The molecule has 0 saturated heterocycles. The summed E-state index contributed by atoms with van der Waals surface area (Å²) in [7, 11) is 0. The number of hydrogen-bond donors (Lipinski definition) is 6. The van der Waals surface area contributed by atoms with Gasteiger partial charge in [0, 0.05) is 19.2 Å². The molecule has 1 aromatic heterocycles. The summed E-state index contributed by atoms with van der Waals surface area (Å²) in [6.45, 7) is 1.07. The summed E-state index contributed by atoms with van der Waals surface area (Å²) in [4.78, 5) is 7.93. The van der Waals surface area contributed by atoms with Crippen molar-refractivity contribution in [3.05, 3.63) is 23.8 Å². The first-order chi connectivity index (χ1) is 10.9. The highest BCUT2D eigenvalue weighted by Crippen LogP contribution is 2.17. The zero-order valence-electron chi connectivity index (χ0n) is 12.9. The molecule has 1 rings (SSSR count). The van der Waals surface area contributed by atoms with Gasteiger partial charge in [0.05, 0.1) is 36.9 Å². The number of rotatable bonds is 10. The number of hydrogen-bond acceptors (Lipinski definition) is 9. The summed E-state index contributed by atoms with van der Waals surface area (Å²) < 4.78 is 5.18. The van der Waals surface area contributed by atoms with Gasteiger partial charge in [0.2, 0.25) is 0 Å². The Hall–Kier alpha value is -1.20. The lowest BCUT2D eigenvalue weighted by atomic mass is 10.1. The van der Waals surface area contributed by atoms with Crippen molar-refractivity contribution in [1.82, 2.24) is 9.97 Å². The quantitative estimate of drug-likeness (QED) is 0.273. The summed E-state index contributed by atoms with van der Waals surface area (Å²) in [6.07, 6.45) is -3.68. The van der Waals surface area contributed by atoms with E-state index in [1.807, 2.05) is 0 Å². The van der Waals surface area contributed by atoms with Gasteiger partial charge in [0.1, 0.15) is 24.4 Å². The molecule has 0 aliphatic rings. The highest BCUT2D eigenvalue weighted by molar-refractivity contribution is 5.08. The van der Waals surface area contributed by atoms with Crippen molar-refractivity contribution in [2.45, 2.75) is 43.9 Å². The van der Waals surface area contributed by atoms with E-state index < -0.39 is 37.1 Å². The molecule has 0 bridgehead atoms. The van der Waals surface area contributed by atoms with E-state index in [1.165, 1.54) is 12.4 Å². The molecule has 132 valence electrons. The van der Waals surface area contributed by atoms with Crippen molar-refractivity contribution >= 4 is 0 Å². The molecule has 0 aliphatic carbocycles. The van der Waals surface area contributed by atoms with Gasteiger partial charge in [0.15, 0.2) is 0 Å². The molecule has 0 fully saturated rings. The fourth-order valence-corrected chi connectivity index (χ4v) is 1.96. The molecule has 0 saturated carbocycles. The predicted molar refractivity (Wildman–Crippen MR) is 78.3 cm³/mol. The fraction of sp³-hybridized carbons (Fsp3) is 0.714. The van der Waals surface area contributed by atoms with Crippen LogP contribution >= 0.6 is 0 Å².